The summed E-state index contributed by atoms with van der Waals surface area (Å²) < 4.78 is 26.8. The molecule has 0 amide bonds. The molecule has 7 heteroatoms. The van der Waals surface area contributed by atoms with Gasteiger partial charge in [-0.2, -0.15) is 5.10 Å². The van der Waals surface area contributed by atoms with Crippen LogP contribution in [-0.4, -0.2) is 18.6 Å². The molecule has 0 aliphatic carbocycles. The summed E-state index contributed by atoms with van der Waals surface area (Å²) in [6.07, 6.45) is 2.82. The first kappa shape index (κ1) is 19.1. The fraction of sp³-hybridized carbons (Fsp3) is 0.333. The lowest BCUT2D eigenvalue weighted by Gasteiger charge is -2.10. The topological polar surface area (TPSA) is 91.9 Å². The van der Waals surface area contributed by atoms with E-state index in [-0.39, 0.29) is 12.1 Å². The van der Waals surface area contributed by atoms with E-state index in [0.29, 0.717) is 18.4 Å². The van der Waals surface area contributed by atoms with Crippen LogP contribution in [0.25, 0.3) is 6.08 Å². The average molecular weight is 361 g/mol. The number of aryl methyl sites for hydroxylation is 2. The van der Waals surface area contributed by atoms with E-state index in [4.69, 9.17) is 0 Å². The largest absolute Gasteiger partial charge is 0.268 e. The van der Waals surface area contributed by atoms with Gasteiger partial charge in [0.1, 0.15) is 0 Å². The quantitative estimate of drug-likeness (QED) is 0.791. The van der Waals surface area contributed by atoms with Gasteiger partial charge in [-0.15, -0.1) is 0 Å². The van der Waals surface area contributed by atoms with Crippen LogP contribution in [0.2, 0.25) is 0 Å². The number of benzene rings is 1. The second-order valence-corrected chi connectivity index (χ2v) is 7.39. The van der Waals surface area contributed by atoms with Gasteiger partial charge in [-0.3, -0.25) is 4.79 Å². The number of aromatic amines is 1. The van der Waals surface area contributed by atoms with E-state index >= 15 is 0 Å². The van der Waals surface area contributed by atoms with Gasteiger partial charge in [0.2, 0.25) is 10.0 Å². The highest BCUT2D eigenvalue weighted by atomic mass is 32.2. The van der Waals surface area contributed by atoms with E-state index in [0.717, 1.165) is 27.8 Å². The molecule has 1 aromatic carbocycles. The van der Waals surface area contributed by atoms with Crippen LogP contribution < -0.4 is 10.3 Å². The van der Waals surface area contributed by atoms with Crippen LogP contribution in [0.3, 0.4) is 0 Å². The Morgan fingerprint density at radius 3 is 2.40 bits per heavy atom. The molecule has 25 heavy (non-hydrogen) atoms. The van der Waals surface area contributed by atoms with Gasteiger partial charge >= 0.3 is 0 Å². The Kier molecular flexibility index (Phi) is 6.27. The van der Waals surface area contributed by atoms with Crippen LogP contribution in [-0.2, 0) is 29.4 Å². The van der Waals surface area contributed by atoms with Gasteiger partial charge in [0.15, 0.2) is 0 Å². The average Bonchev–Trinajstić information content (AvgIpc) is 2.60. The summed E-state index contributed by atoms with van der Waals surface area (Å²) in [7, 11) is -3.65. The Bertz CT molecular complexity index is 914. The Labute approximate surface area is 148 Å². The van der Waals surface area contributed by atoms with Crippen molar-refractivity contribution in [2.75, 3.05) is 0 Å². The van der Waals surface area contributed by atoms with Crippen LogP contribution in [0.1, 0.15) is 41.8 Å². The molecular formula is C18H23N3O3S. The number of hydrogen-bond donors (Lipinski definition) is 2. The molecule has 6 nitrogen and oxygen atoms in total. The fourth-order valence-electron chi connectivity index (χ4n) is 2.53. The molecule has 2 aromatic rings. The molecule has 0 saturated heterocycles. The first-order valence-electron chi connectivity index (χ1n) is 8.20. The number of nitrogens with zero attached hydrogens (tertiary/aromatic N) is 1. The summed E-state index contributed by atoms with van der Waals surface area (Å²) >= 11 is 0. The summed E-state index contributed by atoms with van der Waals surface area (Å²) in [4.78, 5) is 12.0. The first-order chi connectivity index (χ1) is 11.9. The highest BCUT2D eigenvalue weighted by Gasteiger charge is 2.14. The Morgan fingerprint density at radius 1 is 1.12 bits per heavy atom. The molecule has 0 atom stereocenters. The molecule has 0 unspecified atom stereocenters. The summed E-state index contributed by atoms with van der Waals surface area (Å²) in [6.45, 7) is 5.77. The predicted octanol–water partition coefficient (Wildman–Crippen LogP) is 2.29. The standard InChI is InChI=1S/C18H23N3O3S/c1-4-15-16(18(22)21-20-17(15)5-2)12-19-25(23,24)11-10-14-8-6-13(3)7-9-14/h6-11,19H,4-5,12H2,1-3H3,(H,21,22)/b11-10+. The lowest BCUT2D eigenvalue weighted by atomic mass is 10.0. The van der Waals surface area contributed by atoms with Gasteiger partial charge < -0.3 is 0 Å². The number of sulfonamides is 1. The molecular weight excluding hydrogens is 338 g/mol. The van der Waals surface area contributed by atoms with Gasteiger partial charge in [-0.25, -0.2) is 18.2 Å². The molecule has 1 aromatic heterocycles. The number of H-pyrrole nitrogens is 1. The third-order valence-corrected chi connectivity index (χ3v) is 4.98. The van der Waals surface area contributed by atoms with Gasteiger partial charge in [0.05, 0.1) is 5.69 Å². The van der Waals surface area contributed by atoms with Crippen molar-refractivity contribution in [3.63, 3.8) is 0 Å². The van der Waals surface area contributed by atoms with E-state index in [2.05, 4.69) is 14.9 Å². The molecule has 0 spiro atoms. The lowest BCUT2D eigenvalue weighted by molar-refractivity contribution is 0.590. The predicted molar refractivity (Wildman–Crippen MR) is 99.6 cm³/mol. The van der Waals surface area contributed by atoms with Gasteiger partial charge in [0, 0.05) is 17.5 Å². The zero-order valence-electron chi connectivity index (χ0n) is 14.7. The Hall–Kier alpha value is -2.25. The zero-order chi connectivity index (χ0) is 18.4. The van der Waals surface area contributed by atoms with Gasteiger partial charge in [-0.05, 0) is 37.0 Å². The van der Waals surface area contributed by atoms with Crippen LogP contribution in [0.15, 0.2) is 34.5 Å². The lowest BCUT2D eigenvalue weighted by Crippen LogP contribution is -2.28. The van der Waals surface area contributed by atoms with Crippen molar-refractivity contribution in [1.29, 1.82) is 0 Å². The van der Waals surface area contributed by atoms with Crippen LogP contribution >= 0.6 is 0 Å². The zero-order valence-corrected chi connectivity index (χ0v) is 15.5. The summed E-state index contributed by atoms with van der Waals surface area (Å²) in [5.41, 5.74) is 3.54. The van der Waals surface area contributed by atoms with Crippen LogP contribution in [0.5, 0.6) is 0 Å². The second kappa shape index (κ2) is 8.22. The van der Waals surface area contributed by atoms with E-state index in [1.807, 2.05) is 45.0 Å². The van der Waals surface area contributed by atoms with Crippen LogP contribution in [0.4, 0.5) is 0 Å². The summed E-state index contributed by atoms with van der Waals surface area (Å²) in [5.74, 6) is 0. The van der Waals surface area contributed by atoms with Crippen molar-refractivity contribution >= 4 is 16.1 Å². The Balaban J connectivity index is 2.17. The van der Waals surface area contributed by atoms with E-state index in [1.165, 1.54) is 6.08 Å². The van der Waals surface area contributed by atoms with Crippen molar-refractivity contribution in [3.8, 4) is 0 Å². The van der Waals surface area contributed by atoms with E-state index < -0.39 is 10.0 Å². The maximum absolute atomic E-state index is 12.2. The SMILES string of the molecule is CCc1n[nH]c(=O)c(CNS(=O)(=O)/C=C/c2ccc(C)cc2)c1CC. The molecule has 134 valence electrons. The number of hydrogen-bond acceptors (Lipinski definition) is 4. The van der Waals surface area contributed by atoms with Crippen LogP contribution in [0, 0.1) is 6.92 Å². The normalized spacial score (nSPS) is 12.0. The van der Waals surface area contributed by atoms with E-state index in [9.17, 15) is 13.2 Å². The maximum atomic E-state index is 12.2. The second-order valence-electron chi connectivity index (χ2n) is 5.74. The third-order valence-electron chi connectivity index (χ3n) is 3.93. The Morgan fingerprint density at radius 2 is 1.80 bits per heavy atom. The smallest absolute Gasteiger partial charge is 0.268 e. The van der Waals surface area contributed by atoms with Gasteiger partial charge in [-0.1, -0.05) is 43.7 Å². The maximum Gasteiger partial charge on any atom is 0.268 e. The molecule has 0 aliphatic heterocycles. The summed E-state index contributed by atoms with van der Waals surface area (Å²) in [6, 6.07) is 7.52. The molecule has 0 fully saturated rings. The van der Waals surface area contributed by atoms with Crippen molar-refractivity contribution in [3.05, 3.63) is 68.0 Å². The minimum Gasteiger partial charge on any atom is -0.268 e. The molecule has 2 N–H and O–H groups in total. The molecule has 1 heterocycles. The number of aromatic nitrogens is 2. The van der Waals surface area contributed by atoms with Crippen molar-refractivity contribution in [2.24, 2.45) is 0 Å². The summed E-state index contributed by atoms with van der Waals surface area (Å²) in [5, 5.41) is 7.57. The third kappa shape index (κ3) is 5.11. The fourth-order valence-corrected chi connectivity index (χ4v) is 3.31. The number of rotatable bonds is 7. The molecule has 0 saturated carbocycles. The van der Waals surface area contributed by atoms with Crippen molar-refractivity contribution in [1.82, 2.24) is 14.9 Å². The highest BCUT2D eigenvalue weighted by molar-refractivity contribution is 7.92. The minimum absolute atomic E-state index is 0.0609. The molecule has 0 radical (unpaired) electrons. The highest BCUT2D eigenvalue weighted by Crippen LogP contribution is 2.11. The van der Waals surface area contributed by atoms with Crippen molar-refractivity contribution in [2.45, 2.75) is 40.2 Å². The van der Waals surface area contributed by atoms with Crippen molar-refractivity contribution < 1.29 is 8.42 Å². The first-order valence-corrected chi connectivity index (χ1v) is 9.74. The molecule has 0 bridgehead atoms. The molecule has 0 aliphatic rings. The number of nitrogens with one attached hydrogen (secondary N) is 2. The minimum atomic E-state index is -3.65. The van der Waals surface area contributed by atoms with Gasteiger partial charge in [0.25, 0.3) is 5.56 Å². The molecule has 2 rings (SSSR count). The monoisotopic (exact) mass is 361 g/mol. The van der Waals surface area contributed by atoms with E-state index in [1.54, 1.807) is 0 Å².